The Morgan fingerprint density at radius 3 is 2.50 bits per heavy atom. The molecular formula is C33H30F3N9O. The van der Waals surface area contributed by atoms with E-state index in [4.69, 9.17) is 0 Å². The Hall–Kier alpha value is -5.43. The van der Waals surface area contributed by atoms with Crippen LogP contribution in [0.1, 0.15) is 67.6 Å². The van der Waals surface area contributed by atoms with Gasteiger partial charge in [0.1, 0.15) is 17.8 Å². The molecule has 234 valence electrons. The maximum absolute atomic E-state index is 13.7. The third kappa shape index (κ3) is 5.38. The van der Waals surface area contributed by atoms with Crippen LogP contribution in [0.25, 0.3) is 21.7 Å². The lowest BCUT2D eigenvalue weighted by molar-refractivity contribution is -0.206. The first kappa shape index (κ1) is 30.6. The van der Waals surface area contributed by atoms with Gasteiger partial charge in [-0.3, -0.25) is 9.78 Å². The lowest BCUT2D eigenvalue weighted by Crippen LogP contribution is -2.38. The first-order chi connectivity index (χ1) is 21.9. The van der Waals surface area contributed by atoms with E-state index < -0.39 is 24.2 Å². The number of aromatic nitrogens is 5. The normalized spacial score (nSPS) is 14.4. The summed E-state index contributed by atoms with van der Waals surface area (Å²) in [6.45, 7) is 1.63. The summed E-state index contributed by atoms with van der Waals surface area (Å²) >= 11 is 0. The van der Waals surface area contributed by atoms with Gasteiger partial charge in [-0.2, -0.15) is 23.7 Å². The van der Waals surface area contributed by atoms with Crippen molar-refractivity contribution < 1.29 is 13.2 Å². The lowest BCUT2D eigenvalue weighted by atomic mass is 9.92. The van der Waals surface area contributed by atoms with E-state index in [1.165, 1.54) is 10.8 Å². The van der Waals surface area contributed by atoms with Gasteiger partial charge in [0.15, 0.2) is 0 Å². The third-order valence-electron chi connectivity index (χ3n) is 8.74. The number of halogens is 3. The quantitative estimate of drug-likeness (QED) is 0.204. The second-order valence-corrected chi connectivity index (χ2v) is 12.3. The molecule has 0 radical (unpaired) electrons. The van der Waals surface area contributed by atoms with Crippen molar-refractivity contribution in [3.63, 3.8) is 0 Å². The van der Waals surface area contributed by atoms with Gasteiger partial charge in [-0.05, 0) is 68.3 Å². The average molecular weight is 626 g/mol. The highest BCUT2D eigenvalue weighted by atomic mass is 19.4. The molecule has 46 heavy (non-hydrogen) atoms. The van der Waals surface area contributed by atoms with E-state index in [-0.39, 0.29) is 33.9 Å². The average Bonchev–Trinajstić information content (AvgIpc) is 3.47. The first-order valence-corrected chi connectivity index (χ1v) is 14.8. The summed E-state index contributed by atoms with van der Waals surface area (Å²) in [6, 6.07) is 14.3. The fourth-order valence-electron chi connectivity index (χ4n) is 5.54. The summed E-state index contributed by atoms with van der Waals surface area (Å²) in [5.41, 5.74) is 0.0571. The van der Waals surface area contributed by atoms with Gasteiger partial charge in [-0.15, -0.1) is 5.10 Å². The number of rotatable bonds is 8. The Bertz CT molecular complexity index is 2110. The molecule has 6 rings (SSSR count). The van der Waals surface area contributed by atoms with E-state index in [0.29, 0.717) is 27.5 Å². The molecule has 0 amide bonds. The number of alkyl halides is 3. The Kier molecular flexibility index (Phi) is 7.64. The second-order valence-electron chi connectivity index (χ2n) is 12.3. The highest BCUT2D eigenvalue weighted by Gasteiger charge is 2.47. The molecule has 0 aliphatic heterocycles. The van der Waals surface area contributed by atoms with E-state index in [9.17, 15) is 28.5 Å². The van der Waals surface area contributed by atoms with E-state index in [1.807, 2.05) is 29.1 Å². The Morgan fingerprint density at radius 1 is 1.07 bits per heavy atom. The Morgan fingerprint density at radius 2 is 1.83 bits per heavy atom. The molecule has 0 saturated heterocycles. The fraction of sp³-hybridized carbons (Fsp3) is 0.333. The minimum atomic E-state index is -4.50. The van der Waals surface area contributed by atoms with Crippen LogP contribution in [0.4, 0.5) is 24.5 Å². The van der Waals surface area contributed by atoms with Crippen molar-refractivity contribution in [2.24, 2.45) is 12.5 Å². The molecule has 2 N–H and O–H groups in total. The summed E-state index contributed by atoms with van der Waals surface area (Å²) < 4.78 is 44.5. The standard InChI is InChI=1S/C33H30F3N9O/c1-32(2,33(34,35)36)18-40-29-20(15-38)16-39-28-19(14-37)12-21(13-26(28)29)41-30(27-17-45(43-42-27)22-6-4-7-22)24-8-5-9-25-23(24)10-11-44(3)31(25)46/h5,8-13,16-17,22,30,41H,4,6-7,18H2,1-3H3,(H,39,40)/t30-/m0/s1. The van der Waals surface area contributed by atoms with Crippen LogP contribution < -0.4 is 16.2 Å². The summed E-state index contributed by atoms with van der Waals surface area (Å²) in [7, 11) is 1.68. The summed E-state index contributed by atoms with van der Waals surface area (Å²) in [5, 5.41) is 36.6. The van der Waals surface area contributed by atoms with Crippen LogP contribution in [0.15, 0.2) is 59.8 Å². The van der Waals surface area contributed by atoms with Crippen molar-refractivity contribution in [1.29, 1.82) is 10.5 Å². The number of benzene rings is 2. The van der Waals surface area contributed by atoms with E-state index in [0.717, 1.165) is 38.7 Å². The van der Waals surface area contributed by atoms with Crippen LogP contribution in [0.5, 0.6) is 0 Å². The Labute approximate surface area is 262 Å². The van der Waals surface area contributed by atoms with Gasteiger partial charge in [0.25, 0.3) is 5.56 Å². The van der Waals surface area contributed by atoms with E-state index in [2.05, 4.69) is 32.0 Å². The molecule has 1 fully saturated rings. The maximum Gasteiger partial charge on any atom is 0.395 e. The molecule has 1 saturated carbocycles. The van der Waals surface area contributed by atoms with Crippen LogP contribution in [-0.2, 0) is 7.05 Å². The molecule has 3 heterocycles. The van der Waals surface area contributed by atoms with Crippen molar-refractivity contribution in [1.82, 2.24) is 24.5 Å². The van der Waals surface area contributed by atoms with Gasteiger partial charge < -0.3 is 15.2 Å². The smallest absolute Gasteiger partial charge is 0.382 e. The molecule has 13 heteroatoms. The largest absolute Gasteiger partial charge is 0.395 e. The zero-order valence-electron chi connectivity index (χ0n) is 25.4. The lowest BCUT2D eigenvalue weighted by Gasteiger charge is -2.28. The highest BCUT2D eigenvalue weighted by molar-refractivity contribution is 5.99. The molecule has 10 nitrogen and oxygen atoms in total. The van der Waals surface area contributed by atoms with Gasteiger partial charge in [0.2, 0.25) is 0 Å². The predicted molar refractivity (Wildman–Crippen MR) is 167 cm³/mol. The van der Waals surface area contributed by atoms with Crippen LogP contribution >= 0.6 is 0 Å². The third-order valence-corrected chi connectivity index (χ3v) is 8.74. The molecule has 2 aromatic carbocycles. The molecule has 0 spiro atoms. The molecule has 1 aliphatic rings. The highest BCUT2D eigenvalue weighted by Crippen LogP contribution is 2.40. The van der Waals surface area contributed by atoms with Crippen molar-refractivity contribution >= 4 is 33.1 Å². The minimum absolute atomic E-state index is 0.0383. The monoisotopic (exact) mass is 625 g/mol. The molecule has 1 aliphatic carbocycles. The van der Waals surface area contributed by atoms with Crippen LogP contribution in [0.3, 0.4) is 0 Å². The van der Waals surface area contributed by atoms with Crippen LogP contribution in [0, 0.1) is 28.1 Å². The molecule has 0 bridgehead atoms. The van der Waals surface area contributed by atoms with Crippen molar-refractivity contribution in [2.75, 3.05) is 17.2 Å². The molecule has 0 unspecified atom stereocenters. The summed E-state index contributed by atoms with van der Waals surface area (Å²) in [6.07, 6.45) is 3.41. The van der Waals surface area contributed by atoms with Gasteiger partial charge in [0.05, 0.1) is 46.0 Å². The molecule has 1 atom stereocenters. The number of aryl methyl sites for hydroxylation is 1. The van der Waals surface area contributed by atoms with Gasteiger partial charge in [0, 0.05) is 42.4 Å². The predicted octanol–water partition coefficient (Wildman–Crippen LogP) is 6.35. The minimum Gasteiger partial charge on any atom is -0.382 e. The number of fused-ring (bicyclic) bond motifs is 2. The van der Waals surface area contributed by atoms with E-state index >= 15 is 0 Å². The van der Waals surface area contributed by atoms with E-state index in [1.54, 1.807) is 37.5 Å². The van der Waals surface area contributed by atoms with Gasteiger partial charge in [-0.1, -0.05) is 17.3 Å². The number of nitrogens with zero attached hydrogens (tertiary/aromatic N) is 7. The number of hydrogen-bond donors (Lipinski definition) is 2. The van der Waals surface area contributed by atoms with Gasteiger partial charge >= 0.3 is 6.18 Å². The van der Waals surface area contributed by atoms with Crippen molar-refractivity contribution in [3.05, 3.63) is 87.7 Å². The first-order valence-electron chi connectivity index (χ1n) is 14.8. The summed E-state index contributed by atoms with van der Waals surface area (Å²) in [5.74, 6) is 0. The summed E-state index contributed by atoms with van der Waals surface area (Å²) in [4.78, 5) is 17.3. The fourth-order valence-corrected chi connectivity index (χ4v) is 5.54. The second kappa shape index (κ2) is 11.5. The zero-order valence-corrected chi connectivity index (χ0v) is 25.4. The van der Waals surface area contributed by atoms with Gasteiger partial charge in [-0.25, -0.2) is 4.68 Å². The number of pyridine rings is 2. The topological polar surface area (TPSA) is 137 Å². The van der Waals surface area contributed by atoms with Crippen LogP contribution in [0.2, 0.25) is 0 Å². The van der Waals surface area contributed by atoms with Crippen LogP contribution in [-0.4, -0.2) is 37.3 Å². The molecule has 3 aromatic heterocycles. The number of nitrogens with one attached hydrogen (secondary N) is 2. The number of hydrogen-bond acceptors (Lipinski definition) is 8. The van der Waals surface area contributed by atoms with Crippen molar-refractivity contribution in [3.8, 4) is 12.1 Å². The molecule has 5 aromatic rings. The Balaban J connectivity index is 1.50. The number of nitriles is 2. The zero-order chi connectivity index (χ0) is 32.8. The van der Waals surface area contributed by atoms with Crippen molar-refractivity contribution in [2.45, 2.75) is 51.4 Å². The maximum atomic E-state index is 13.7. The molecular weight excluding hydrogens is 595 g/mol. The number of anilines is 2. The SMILES string of the molecule is Cn1ccc2c([C@H](Nc3cc(C#N)c4ncc(C#N)c(NCC(C)(C)C(F)(F)F)c4c3)c3cn(C4CCC4)nn3)cccc2c1=O.